The van der Waals surface area contributed by atoms with Gasteiger partial charge in [0.2, 0.25) is 5.91 Å². The Morgan fingerprint density at radius 3 is 2.47 bits per heavy atom. The topological polar surface area (TPSA) is 81.4 Å². The molecule has 1 aromatic carbocycles. The van der Waals surface area contributed by atoms with Crippen LogP contribution in [0.4, 0.5) is 5.69 Å². The molecule has 1 amide bonds. The van der Waals surface area contributed by atoms with E-state index >= 15 is 0 Å². The summed E-state index contributed by atoms with van der Waals surface area (Å²) in [6.07, 6.45) is 0. The highest BCUT2D eigenvalue weighted by atomic mass is 35.5. The van der Waals surface area contributed by atoms with Gasteiger partial charge < -0.3 is 15.8 Å². The number of nitrogens with one attached hydrogen (secondary N) is 1. The molecule has 1 aromatic rings. The highest BCUT2D eigenvalue weighted by molar-refractivity contribution is 6.34. The van der Waals surface area contributed by atoms with Crippen molar-refractivity contribution >= 4 is 29.2 Å². The van der Waals surface area contributed by atoms with Gasteiger partial charge >= 0.3 is 5.97 Å². The molecule has 6 heteroatoms. The Morgan fingerprint density at radius 1 is 1.37 bits per heavy atom. The fourth-order valence-corrected chi connectivity index (χ4v) is 1.62. The number of benzene rings is 1. The van der Waals surface area contributed by atoms with E-state index in [1.165, 1.54) is 19.2 Å². The number of esters is 1. The first kappa shape index (κ1) is 15.5. The predicted octanol–water partition coefficient (Wildman–Crippen LogP) is 2.05. The third kappa shape index (κ3) is 3.94. The highest BCUT2D eigenvalue weighted by Gasteiger charge is 2.18. The van der Waals surface area contributed by atoms with Crippen molar-refractivity contribution in [2.45, 2.75) is 19.9 Å². The third-order valence-electron chi connectivity index (χ3n) is 2.84. The molecule has 0 aliphatic rings. The lowest BCUT2D eigenvalue weighted by Crippen LogP contribution is -2.34. The van der Waals surface area contributed by atoms with Gasteiger partial charge in [-0.3, -0.25) is 4.79 Å². The molecule has 0 saturated carbocycles. The maximum atomic E-state index is 11.8. The van der Waals surface area contributed by atoms with Crippen molar-refractivity contribution in [1.29, 1.82) is 0 Å². The third-order valence-corrected chi connectivity index (χ3v) is 3.16. The Hall–Kier alpha value is -1.59. The molecule has 2 atom stereocenters. The standard InChI is InChI=1S/C13H17ClN2O3/c1-7(8(2)15)12(17)16-9-4-5-10(11(14)6-9)13(18)19-3/h4-8H,15H2,1-3H3,(H,16,17). The van der Waals surface area contributed by atoms with Crippen molar-refractivity contribution in [2.75, 3.05) is 12.4 Å². The van der Waals surface area contributed by atoms with Crippen molar-refractivity contribution in [2.24, 2.45) is 11.7 Å². The Bertz CT molecular complexity index is 489. The summed E-state index contributed by atoms with van der Waals surface area (Å²) in [6, 6.07) is 4.34. The molecule has 0 bridgehead atoms. The molecule has 0 heterocycles. The van der Waals surface area contributed by atoms with E-state index < -0.39 is 5.97 Å². The average Bonchev–Trinajstić information content (AvgIpc) is 2.36. The van der Waals surface area contributed by atoms with Crippen molar-refractivity contribution in [1.82, 2.24) is 0 Å². The van der Waals surface area contributed by atoms with Crippen LogP contribution in [-0.4, -0.2) is 25.0 Å². The number of amides is 1. The van der Waals surface area contributed by atoms with Crippen molar-refractivity contribution in [3.63, 3.8) is 0 Å². The number of methoxy groups -OCH3 is 1. The molecule has 3 N–H and O–H groups in total. The number of ether oxygens (including phenoxy) is 1. The van der Waals surface area contributed by atoms with E-state index in [1.807, 2.05) is 0 Å². The first-order valence-electron chi connectivity index (χ1n) is 5.81. The molecule has 19 heavy (non-hydrogen) atoms. The van der Waals surface area contributed by atoms with Crippen molar-refractivity contribution < 1.29 is 14.3 Å². The summed E-state index contributed by atoms with van der Waals surface area (Å²) in [7, 11) is 1.28. The van der Waals surface area contributed by atoms with Gasteiger partial charge in [-0.05, 0) is 25.1 Å². The second-order valence-electron chi connectivity index (χ2n) is 4.32. The fourth-order valence-electron chi connectivity index (χ4n) is 1.36. The van der Waals surface area contributed by atoms with Crippen LogP contribution in [0.3, 0.4) is 0 Å². The van der Waals surface area contributed by atoms with Gasteiger partial charge in [-0.25, -0.2) is 4.79 Å². The fraction of sp³-hybridized carbons (Fsp3) is 0.385. The predicted molar refractivity (Wildman–Crippen MR) is 74.2 cm³/mol. The minimum atomic E-state index is -0.521. The lowest BCUT2D eigenvalue weighted by Gasteiger charge is -2.15. The van der Waals surface area contributed by atoms with E-state index in [4.69, 9.17) is 17.3 Å². The molecule has 2 unspecified atom stereocenters. The maximum absolute atomic E-state index is 11.8. The quantitative estimate of drug-likeness (QED) is 0.829. The van der Waals surface area contributed by atoms with Crippen LogP contribution in [0, 0.1) is 5.92 Å². The monoisotopic (exact) mass is 284 g/mol. The SMILES string of the molecule is COC(=O)c1ccc(NC(=O)C(C)C(C)N)cc1Cl. The summed E-state index contributed by atoms with van der Waals surface area (Å²) in [6.45, 7) is 3.50. The van der Waals surface area contributed by atoms with E-state index in [2.05, 4.69) is 10.1 Å². The molecule has 0 saturated heterocycles. The second-order valence-corrected chi connectivity index (χ2v) is 4.73. The normalized spacial score (nSPS) is 13.5. The van der Waals surface area contributed by atoms with Crippen molar-refractivity contribution in [3.05, 3.63) is 28.8 Å². The molecule has 0 aliphatic heterocycles. The van der Waals surface area contributed by atoms with Crippen LogP contribution in [-0.2, 0) is 9.53 Å². The van der Waals surface area contributed by atoms with E-state index in [0.717, 1.165) is 0 Å². The first-order chi connectivity index (χ1) is 8.86. The summed E-state index contributed by atoms with van der Waals surface area (Å²) < 4.78 is 4.58. The Kier molecular flexibility index (Phi) is 5.32. The number of hydrogen-bond acceptors (Lipinski definition) is 4. The zero-order valence-electron chi connectivity index (χ0n) is 11.1. The Labute approximate surface area is 117 Å². The van der Waals surface area contributed by atoms with Crippen LogP contribution in [0.25, 0.3) is 0 Å². The van der Waals surface area contributed by atoms with Gasteiger partial charge in [-0.1, -0.05) is 18.5 Å². The van der Waals surface area contributed by atoms with Gasteiger partial charge in [0.05, 0.1) is 23.6 Å². The van der Waals surface area contributed by atoms with Crippen LogP contribution in [0.1, 0.15) is 24.2 Å². The summed E-state index contributed by atoms with van der Waals surface area (Å²) in [5, 5.41) is 2.91. The second kappa shape index (κ2) is 6.54. The van der Waals surface area contributed by atoms with Gasteiger partial charge in [0.25, 0.3) is 0 Å². The average molecular weight is 285 g/mol. The van der Waals surface area contributed by atoms with Crippen LogP contribution >= 0.6 is 11.6 Å². The van der Waals surface area contributed by atoms with E-state index in [0.29, 0.717) is 5.69 Å². The Morgan fingerprint density at radius 2 is 2.00 bits per heavy atom. The molecular weight excluding hydrogens is 268 g/mol. The molecule has 0 spiro atoms. The number of anilines is 1. The minimum Gasteiger partial charge on any atom is -0.465 e. The lowest BCUT2D eigenvalue weighted by molar-refractivity contribution is -0.119. The molecule has 104 valence electrons. The minimum absolute atomic E-state index is 0.197. The zero-order chi connectivity index (χ0) is 14.6. The molecule has 5 nitrogen and oxygen atoms in total. The summed E-state index contributed by atoms with van der Waals surface area (Å²) in [4.78, 5) is 23.2. The largest absolute Gasteiger partial charge is 0.465 e. The van der Waals surface area contributed by atoms with E-state index in [9.17, 15) is 9.59 Å². The zero-order valence-corrected chi connectivity index (χ0v) is 11.8. The number of carbonyl (C=O) groups excluding carboxylic acids is 2. The van der Waals surface area contributed by atoms with Gasteiger partial charge in [-0.15, -0.1) is 0 Å². The van der Waals surface area contributed by atoms with E-state index in [1.54, 1.807) is 19.9 Å². The van der Waals surface area contributed by atoms with Crippen LogP contribution in [0.2, 0.25) is 5.02 Å². The molecule has 0 fully saturated rings. The first-order valence-corrected chi connectivity index (χ1v) is 6.19. The van der Waals surface area contributed by atoms with Gasteiger partial charge in [0.15, 0.2) is 0 Å². The summed E-state index contributed by atoms with van der Waals surface area (Å²) in [5.74, 6) is -1.04. The lowest BCUT2D eigenvalue weighted by atomic mass is 10.0. The molecular formula is C13H17ClN2O3. The highest BCUT2D eigenvalue weighted by Crippen LogP contribution is 2.22. The smallest absolute Gasteiger partial charge is 0.339 e. The van der Waals surface area contributed by atoms with Gasteiger partial charge in [0, 0.05) is 11.7 Å². The van der Waals surface area contributed by atoms with Crippen LogP contribution in [0.5, 0.6) is 0 Å². The van der Waals surface area contributed by atoms with Crippen LogP contribution in [0.15, 0.2) is 18.2 Å². The molecule has 0 aromatic heterocycles. The van der Waals surface area contributed by atoms with Crippen LogP contribution < -0.4 is 11.1 Å². The summed E-state index contributed by atoms with van der Waals surface area (Å²) in [5.41, 5.74) is 6.42. The number of halogens is 1. The van der Waals surface area contributed by atoms with E-state index in [-0.39, 0.29) is 28.5 Å². The Balaban J connectivity index is 2.85. The van der Waals surface area contributed by atoms with Gasteiger partial charge in [0.1, 0.15) is 0 Å². The molecule has 0 radical (unpaired) electrons. The van der Waals surface area contributed by atoms with Crippen molar-refractivity contribution in [3.8, 4) is 0 Å². The molecule has 0 aliphatic carbocycles. The number of carbonyl (C=O) groups is 2. The maximum Gasteiger partial charge on any atom is 0.339 e. The number of rotatable bonds is 4. The summed E-state index contributed by atoms with van der Waals surface area (Å²) >= 11 is 5.95. The number of nitrogens with two attached hydrogens (primary N) is 1. The molecule has 1 rings (SSSR count). The van der Waals surface area contributed by atoms with Gasteiger partial charge in [-0.2, -0.15) is 0 Å². The number of hydrogen-bond donors (Lipinski definition) is 2.